The average Bonchev–Trinajstić information content (AvgIpc) is 1.62. The maximum Gasteiger partial charge on any atom is 0.490 e. The van der Waals surface area contributed by atoms with Gasteiger partial charge < -0.3 is 91.6 Å². The molecule has 4 aliphatic rings. The summed E-state index contributed by atoms with van der Waals surface area (Å²) in [5, 5.41) is 39.4. The van der Waals surface area contributed by atoms with Crippen LogP contribution < -0.4 is 38.3 Å². The first-order valence-electron chi connectivity index (χ1n) is 28.5. The van der Waals surface area contributed by atoms with E-state index in [0.29, 0.717) is 37.2 Å². The zero-order chi connectivity index (χ0) is 67.8. The number of carboxylic acids is 2. The summed E-state index contributed by atoms with van der Waals surface area (Å²) in [7, 11) is -14.4. The van der Waals surface area contributed by atoms with Crippen molar-refractivity contribution in [2.24, 2.45) is 5.73 Å². The maximum absolute atomic E-state index is 14.3. The lowest BCUT2D eigenvalue weighted by molar-refractivity contribution is -0.149. The zero-order valence-electron chi connectivity index (χ0n) is 48.8. The molecule has 6 heterocycles. The molecule has 11 atom stereocenters. The minimum Gasteiger partial charge on any atom is -0.481 e. The number of hydrogen-bond donors (Lipinski definition) is 15. The van der Waals surface area contributed by atoms with Crippen molar-refractivity contribution in [2.45, 2.75) is 138 Å². The SMILES string of the molecule is Nc1nc2c(c(C#CCNC(=O)CCSSCCC(=O)N3CCCC3C(=O)N3CCCC3C(=O)NC(CCCCNC(=O)C(=O)[C@@H](N)CS)C(=O)N3CCCC3C(=O)NC(CC(=O)O)C(=O)O)cn2C2CC(O)C(COP(=O)(O)OP(=O)(O)OP(=O)(O)O)O2)c(=O)[nH]1. The molecule has 16 N–H and O–H groups in total. The van der Waals surface area contributed by atoms with Crippen LogP contribution in [0.1, 0.15) is 95.3 Å². The lowest BCUT2D eigenvalue weighted by Gasteiger charge is -2.33. The molecule has 0 aromatic carbocycles. The number of carboxylic acid groups (broad SMARTS) is 2. The van der Waals surface area contributed by atoms with E-state index >= 15 is 0 Å². The number of aliphatic hydroxyl groups excluding tert-OH is 1. The van der Waals surface area contributed by atoms with E-state index in [1.54, 1.807) is 0 Å². The van der Waals surface area contributed by atoms with Crippen molar-refractivity contribution in [1.29, 1.82) is 0 Å². The number of likely N-dealkylation sites (tertiary alicyclic amines) is 3. The standard InChI is InChI=1S/C49H71N12O25P3S3/c50-27(25-90)40(67)45(71)53-14-2-1-8-28(46(72)59-17-4-9-30(59)43(69)55-29(48(74)75)21-38(65)66)54-42(68)31-10-5-18-60(31)47(73)32-11-6-16-58(32)36(64)13-20-92-91-19-12-35(63)52-15-3-7-26-23-61(41-39(26)44(70)57-49(51)56-41)37-22-33(62)34(84-37)24-83-88(79,80)86-89(81,82)85-87(76,77)78/h23,27-34,37,62,90H,1-2,4-6,8-22,24-25,50H2,(H,52,63)(H,53,71)(H,54,68)(H,55,69)(H,65,66)(H,74,75)(H,79,80)(H,81,82)(H2,76,77,78)(H3,51,56,57,70)/t27-,28?,29?,30?,31?,32?,33?,34?,37?/m0/s1. The van der Waals surface area contributed by atoms with E-state index in [-0.39, 0.29) is 124 Å². The summed E-state index contributed by atoms with van der Waals surface area (Å²) < 4.78 is 53.9. The van der Waals surface area contributed by atoms with Crippen LogP contribution in [0.5, 0.6) is 0 Å². The lowest BCUT2D eigenvalue weighted by Crippen LogP contribution is -2.58. The van der Waals surface area contributed by atoms with Gasteiger partial charge in [-0.1, -0.05) is 33.4 Å². The average molecular weight is 1420 g/mol. The number of amides is 7. The molecule has 6 rings (SSSR count). The van der Waals surface area contributed by atoms with Crippen LogP contribution in [0.4, 0.5) is 5.95 Å². The van der Waals surface area contributed by atoms with Gasteiger partial charge in [0.15, 0.2) is 5.65 Å². The third-order valence-electron chi connectivity index (χ3n) is 14.6. The Morgan fingerprint density at radius 1 is 0.837 bits per heavy atom. The van der Waals surface area contributed by atoms with Gasteiger partial charge in [0, 0.05) is 68.9 Å². The van der Waals surface area contributed by atoms with Crippen molar-refractivity contribution in [3.8, 4) is 11.8 Å². The summed E-state index contributed by atoms with van der Waals surface area (Å²) >= 11 is 3.93. The molecule has 92 heavy (non-hydrogen) atoms. The number of fused-ring (bicyclic) bond motifs is 1. The highest BCUT2D eigenvalue weighted by molar-refractivity contribution is 8.76. The number of aliphatic carboxylic acids is 2. The van der Waals surface area contributed by atoms with Crippen LogP contribution in [0.25, 0.3) is 11.0 Å². The first kappa shape index (κ1) is 75.1. The van der Waals surface area contributed by atoms with Crippen molar-refractivity contribution >= 4 is 134 Å². The molecule has 0 radical (unpaired) electrons. The second kappa shape index (κ2) is 33.9. The first-order chi connectivity index (χ1) is 43.3. The molecule has 0 spiro atoms. The molecule has 510 valence electrons. The number of aromatic nitrogens is 3. The van der Waals surface area contributed by atoms with E-state index in [9.17, 15) is 91.5 Å². The van der Waals surface area contributed by atoms with E-state index in [0.717, 1.165) is 0 Å². The monoisotopic (exact) mass is 1420 g/mol. The molecule has 10 unspecified atom stereocenters. The number of phosphoric ester groups is 1. The fourth-order valence-corrected chi connectivity index (χ4v) is 15.6. The molecule has 37 nitrogen and oxygen atoms in total. The Morgan fingerprint density at radius 2 is 1.46 bits per heavy atom. The highest BCUT2D eigenvalue weighted by Crippen LogP contribution is 2.66. The number of rotatable bonds is 33. The summed E-state index contributed by atoms with van der Waals surface area (Å²) in [4.78, 5) is 190. The number of hydrogen-bond acceptors (Lipinski definition) is 25. The van der Waals surface area contributed by atoms with Crippen molar-refractivity contribution in [1.82, 2.24) is 50.5 Å². The number of nitrogen functional groups attached to an aromatic ring is 1. The number of nitrogens with two attached hydrogens (primary N) is 2. The van der Waals surface area contributed by atoms with E-state index in [4.69, 9.17) is 26.0 Å². The fraction of sp³-hybridized carbons (Fsp3) is 0.633. The number of Topliss-reactive ketones (excluding diaryl/α,β-unsaturated/α-hetero) is 1. The van der Waals surface area contributed by atoms with Gasteiger partial charge in [0.25, 0.3) is 11.5 Å². The summed E-state index contributed by atoms with van der Waals surface area (Å²) in [5.41, 5.74) is 10.7. The van der Waals surface area contributed by atoms with E-state index < -0.39 is 144 Å². The van der Waals surface area contributed by atoms with Gasteiger partial charge in [-0.05, 0) is 57.8 Å². The van der Waals surface area contributed by atoms with Crippen molar-refractivity contribution in [3.63, 3.8) is 0 Å². The van der Waals surface area contributed by atoms with Crippen LogP contribution >= 0.6 is 57.7 Å². The number of carbonyl (C=O) groups excluding carboxylic acids is 8. The molecular formula is C49H71N12O25P3S3. The Balaban J connectivity index is 0.970. The number of unbranched alkanes of at least 4 members (excludes halogenated alkanes) is 1. The molecule has 43 heteroatoms. The molecule has 0 saturated carbocycles. The Bertz CT molecular complexity index is 3380. The number of ether oxygens (including phenoxy) is 1. The van der Waals surface area contributed by atoms with Crippen LogP contribution in [-0.4, -0.2) is 228 Å². The van der Waals surface area contributed by atoms with Gasteiger partial charge in [-0.25, -0.2) is 18.5 Å². The minimum atomic E-state index is -5.82. The maximum atomic E-state index is 14.3. The Hall–Kier alpha value is -5.98. The molecule has 4 fully saturated rings. The summed E-state index contributed by atoms with van der Waals surface area (Å²) in [6, 6.07) is -7.34. The topological polar surface area (TPSA) is 561 Å². The van der Waals surface area contributed by atoms with Gasteiger partial charge in [0.2, 0.25) is 47.2 Å². The van der Waals surface area contributed by atoms with E-state index in [2.05, 4.69) is 68.8 Å². The largest absolute Gasteiger partial charge is 0.490 e. The zero-order valence-corrected chi connectivity index (χ0v) is 54.0. The summed E-state index contributed by atoms with van der Waals surface area (Å²) in [6.07, 6.45) is -1.51. The van der Waals surface area contributed by atoms with Crippen LogP contribution in [-0.2, 0) is 79.5 Å². The van der Waals surface area contributed by atoms with Crippen LogP contribution in [0.2, 0.25) is 0 Å². The van der Waals surface area contributed by atoms with E-state index in [1.165, 1.54) is 47.1 Å². The van der Waals surface area contributed by atoms with Crippen molar-refractivity contribution in [2.75, 3.05) is 62.3 Å². The number of ketones is 1. The van der Waals surface area contributed by atoms with E-state index in [1.807, 2.05) is 0 Å². The quantitative estimate of drug-likeness (QED) is 0.00880. The van der Waals surface area contributed by atoms with Crippen molar-refractivity contribution < 1.29 is 114 Å². The van der Waals surface area contributed by atoms with Crippen LogP contribution in [0.15, 0.2) is 11.0 Å². The van der Waals surface area contributed by atoms with Gasteiger partial charge in [-0.2, -0.15) is 26.2 Å². The highest BCUT2D eigenvalue weighted by atomic mass is 33.1. The van der Waals surface area contributed by atoms with Gasteiger partial charge in [0.05, 0.1) is 42.7 Å². The van der Waals surface area contributed by atoms with Gasteiger partial charge in [-0.15, -0.1) is 0 Å². The number of phosphoric acid groups is 3. The highest BCUT2D eigenvalue weighted by Gasteiger charge is 2.46. The minimum absolute atomic E-state index is 0.00860. The summed E-state index contributed by atoms with van der Waals surface area (Å²) in [5.74, 6) is -2.58. The smallest absolute Gasteiger partial charge is 0.481 e. The van der Waals surface area contributed by atoms with Crippen LogP contribution in [0.3, 0.4) is 0 Å². The molecule has 4 saturated heterocycles. The molecule has 2 aromatic rings. The first-order valence-corrected chi connectivity index (χ1v) is 36.1. The normalized spacial score (nSPS) is 22.1. The number of nitrogens with one attached hydrogen (secondary N) is 5. The molecule has 2 aromatic heterocycles. The fourth-order valence-electron chi connectivity index (χ4n) is 10.4. The number of carbonyl (C=O) groups is 10. The second-order valence-electron chi connectivity index (χ2n) is 21.2. The third kappa shape index (κ3) is 21.5. The van der Waals surface area contributed by atoms with Gasteiger partial charge >= 0.3 is 35.4 Å². The second-order valence-corrected chi connectivity index (χ2v) is 28.7. The predicted molar refractivity (Wildman–Crippen MR) is 325 cm³/mol. The Morgan fingerprint density at radius 3 is 2.10 bits per heavy atom. The number of thiol groups is 1. The lowest BCUT2D eigenvalue weighted by atomic mass is 10.0. The third-order valence-corrected chi connectivity index (χ3v) is 21.2. The molecular weight excluding hydrogens is 1350 g/mol. The van der Waals surface area contributed by atoms with Gasteiger partial charge in [-0.3, -0.25) is 57.5 Å². The summed E-state index contributed by atoms with van der Waals surface area (Å²) in [6.45, 7) is -0.670. The predicted octanol–water partition coefficient (Wildman–Crippen LogP) is -2.46. The number of anilines is 1. The molecule has 7 amide bonds. The molecule has 0 bridgehead atoms. The number of H-pyrrole nitrogens is 1. The molecule has 0 aliphatic carbocycles. The molecule has 4 aliphatic heterocycles. The van der Waals surface area contributed by atoms with Gasteiger partial charge in [0.1, 0.15) is 42.5 Å². The number of nitrogens with zero attached hydrogens (tertiary/aromatic N) is 5. The van der Waals surface area contributed by atoms with Crippen LogP contribution in [0, 0.1) is 11.8 Å². The number of aromatic amines is 1. The Kier molecular flexibility index (Phi) is 27.7. The van der Waals surface area contributed by atoms with Crippen molar-refractivity contribution in [3.05, 3.63) is 22.1 Å². The Labute approximate surface area is 536 Å². The number of aliphatic hydroxyl groups is 1.